The standard InChI is InChI=1S/C16H23N3O4S/c1-23-12-16-5-8-18(15(20)13-3-6-17-7-4-13)9-14(16)10-19(11-16)24(2,21)22/h3-4,6-7,14H,5,8-12H2,1-2H3. The van der Waals surface area contributed by atoms with Gasteiger partial charge in [-0.1, -0.05) is 0 Å². The monoisotopic (exact) mass is 353 g/mol. The molecule has 0 saturated carbocycles. The molecule has 2 atom stereocenters. The van der Waals surface area contributed by atoms with Crippen molar-refractivity contribution in [2.24, 2.45) is 11.3 Å². The van der Waals surface area contributed by atoms with Crippen LogP contribution in [0.25, 0.3) is 0 Å². The van der Waals surface area contributed by atoms with Crippen LogP contribution in [0.1, 0.15) is 16.8 Å². The number of amides is 1. The molecule has 7 nitrogen and oxygen atoms in total. The van der Waals surface area contributed by atoms with E-state index in [1.54, 1.807) is 31.6 Å². The highest BCUT2D eigenvalue weighted by Crippen LogP contribution is 2.44. The van der Waals surface area contributed by atoms with Gasteiger partial charge in [-0.2, -0.15) is 0 Å². The summed E-state index contributed by atoms with van der Waals surface area (Å²) in [5.41, 5.74) is 0.412. The molecule has 0 spiro atoms. The van der Waals surface area contributed by atoms with Crippen molar-refractivity contribution in [3.63, 3.8) is 0 Å². The fourth-order valence-corrected chi connectivity index (χ4v) is 4.81. The van der Waals surface area contributed by atoms with Gasteiger partial charge >= 0.3 is 0 Å². The quantitative estimate of drug-likeness (QED) is 0.785. The van der Waals surface area contributed by atoms with E-state index in [1.807, 2.05) is 4.90 Å². The molecule has 0 bridgehead atoms. The number of carbonyl (C=O) groups is 1. The minimum absolute atomic E-state index is 0.0266. The smallest absolute Gasteiger partial charge is 0.253 e. The maximum absolute atomic E-state index is 12.7. The zero-order chi connectivity index (χ0) is 17.4. The number of hydrogen-bond donors (Lipinski definition) is 0. The molecule has 3 heterocycles. The highest BCUT2D eigenvalue weighted by atomic mass is 32.2. The summed E-state index contributed by atoms with van der Waals surface area (Å²) in [4.78, 5) is 18.4. The molecule has 2 aliphatic heterocycles. The van der Waals surface area contributed by atoms with E-state index >= 15 is 0 Å². The Hall–Kier alpha value is -1.51. The first-order valence-corrected chi connectivity index (χ1v) is 9.84. The van der Waals surface area contributed by atoms with Gasteiger partial charge in [-0.15, -0.1) is 0 Å². The fraction of sp³-hybridized carbons (Fsp3) is 0.625. The van der Waals surface area contributed by atoms with E-state index in [0.29, 0.717) is 38.3 Å². The lowest BCUT2D eigenvalue weighted by Gasteiger charge is -2.43. The van der Waals surface area contributed by atoms with Gasteiger partial charge in [-0.25, -0.2) is 12.7 Å². The van der Waals surface area contributed by atoms with Crippen LogP contribution in [0.3, 0.4) is 0 Å². The molecule has 2 aliphatic rings. The molecular weight excluding hydrogens is 330 g/mol. The van der Waals surface area contributed by atoms with E-state index < -0.39 is 10.0 Å². The average Bonchev–Trinajstić information content (AvgIpc) is 2.94. The molecule has 1 aromatic heterocycles. The van der Waals surface area contributed by atoms with Crippen molar-refractivity contribution in [1.82, 2.24) is 14.2 Å². The van der Waals surface area contributed by atoms with E-state index in [9.17, 15) is 13.2 Å². The van der Waals surface area contributed by atoms with Crippen molar-refractivity contribution in [3.8, 4) is 0 Å². The lowest BCUT2D eigenvalue weighted by atomic mass is 9.73. The number of likely N-dealkylation sites (tertiary alicyclic amines) is 1. The molecule has 8 heteroatoms. The number of carbonyl (C=O) groups excluding carboxylic acids is 1. The topological polar surface area (TPSA) is 79.8 Å². The molecule has 132 valence electrons. The highest BCUT2D eigenvalue weighted by molar-refractivity contribution is 7.88. The van der Waals surface area contributed by atoms with Crippen LogP contribution in [0.5, 0.6) is 0 Å². The molecule has 1 amide bonds. The number of fused-ring (bicyclic) bond motifs is 1. The Labute approximate surface area is 142 Å². The highest BCUT2D eigenvalue weighted by Gasteiger charge is 2.52. The van der Waals surface area contributed by atoms with E-state index in [0.717, 1.165) is 6.42 Å². The van der Waals surface area contributed by atoms with Gasteiger partial charge in [-0.05, 0) is 24.5 Å². The summed E-state index contributed by atoms with van der Waals surface area (Å²) < 4.78 is 30.8. The lowest BCUT2D eigenvalue weighted by molar-refractivity contribution is 0.00342. The number of piperidine rings is 1. The van der Waals surface area contributed by atoms with E-state index in [1.165, 1.54) is 10.6 Å². The maximum atomic E-state index is 12.7. The number of methoxy groups -OCH3 is 1. The predicted molar refractivity (Wildman–Crippen MR) is 89.0 cm³/mol. The van der Waals surface area contributed by atoms with Crippen molar-refractivity contribution in [3.05, 3.63) is 30.1 Å². The summed E-state index contributed by atoms with van der Waals surface area (Å²) in [6, 6.07) is 3.41. The van der Waals surface area contributed by atoms with Crippen LogP contribution in [-0.2, 0) is 14.8 Å². The SMILES string of the molecule is COCC12CCN(C(=O)c3ccncc3)CC1CN(S(C)(=O)=O)C2. The van der Waals surface area contributed by atoms with Crippen LogP contribution < -0.4 is 0 Å². The van der Waals surface area contributed by atoms with E-state index in [4.69, 9.17) is 4.74 Å². The molecule has 1 aromatic rings. The first-order valence-electron chi connectivity index (χ1n) is 7.99. The lowest BCUT2D eigenvalue weighted by Crippen LogP contribution is -2.50. The molecule has 0 aromatic carbocycles. The number of nitrogens with zero attached hydrogens (tertiary/aromatic N) is 3. The average molecular weight is 353 g/mol. The second-order valence-electron chi connectivity index (χ2n) is 6.78. The van der Waals surface area contributed by atoms with Crippen LogP contribution >= 0.6 is 0 Å². The van der Waals surface area contributed by atoms with Crippen LogP contribution in [0, 0.1) is 11.3 Å². The Morgan fingerprint density at radius 2 is 2.08 bits per heavy atom. The summed E-state index contributed by atoms with van der Waals surface area (Å²) >= 11 is 0. The van der Waals surface area contributed by atoms with Gasteiger partial charge in [0.15, 0.2) is 0 Å². The second kappa shape index (κ2) is 6.42. The van der Waals surface area contributed by atoms with Crippen molar-refractivity contribution < 1.29 is 17.9 Å². The third-order valence-electron chi connectivity index (χ3n) is 5.22. The number of rotatable bonds is 4. The van der Waals surface area contributed by atoms with Crippen LogP contribution in [0.15, 0.2) is 24.5 Å². The van der Waals surface area contributed by atoms with E-state index in [2.05, 4.69) is 4.98 Å². The fourth-order valence-electron chi connectivity index (χ4n) is 3.87. The molecule has 0 aliphatic carbocycles. The summed E-state index contributed by atoms with van der Waals surface area (Å²) in [7, 11) is -1.60. The molecule has 2 saturated heterocycles. The largest absolute Gasteiger partial charge is 0.384 e. The summed E-state index contributed by atoms with van der Waals surface area (Å²) in [6.07, 6.45) is 5.19. The summed E-state index contributed by atoms with van der Waals surface area (Å²) in [5.74, 6) is 0.0629. The molecule has 2 unspecified atom stereocenters. The van der Waals surface area contributed by atoms with Crippen molar-refractivity contribution in [2.45, 2.75) is 6.42 Å². The Kier molecular flexibility index (Phi) is 4.63. The third-order valence-corrected chi connectivity index (χ3v) is 6.43. The first-order chi connectivity index (χ1) is 11.4. The van der Waals surface area contributed by atoms with Crippen LogP contribution in [0.2, 0.25) is 0 Å². The predicted octanol–water partition coefficient (Wildman–Crippen LogP) is 0.452. The number of ether oxygens (including phenoxy) is 1. The number of aromatic nitrogens is 1. The first kappa shape index (κ1) is 17.3. The molecule has 0 radical (unpaired) electrons. The normalized spacial score (nSPS) is 27.9. The third kappa shape index (κ3) is 3.18. The molecule has 24 heavy (non-hydrogen) atoms. The van der Waals surface area contributed by atoms with Gasteiger partial charge in [-0.3, -0.25) is 9.78 Å². The zero-order valence-electron chi connectivity index (χ0n) is 14.0. The molecule has 0 N–H and O–H groups in total. The molecular formula is C16H23N3O4S. The minimum Gasteiger partial charge on any atom is -0.384 e. The van der Waals surface area contributed by atoms with Crippen molar-refractivity contribution in [2.75, 3.05) is 46.2 Å². The Morgan fingerprint density at radius 3 is 2.71 bits per heavy atom. The van der Waals surface area contributed by atoms with Crippen molar-refractivity contribution >= 4 is 15.9 Å². The Balaban J connectivity index is 1.80. The summed E-state index contributed by atoms with van der Waals surface area (Å²) in [5, 5.41) is 0. The minimum atomic E-state index is -3.24. The van der Waals surface area contributed by atoms with E-state index in [-0.39, 0.29) is 17.2 Å². The van der Waals surface area contributed by atoms with Gasteiger partial charge in [0.2, 0.25) is 10.0 Å². The van der Waals surface area contributed by atoms with Crippen LogP contribution in [0.4, 0.5) is 0 Å². The van der Waals surface area contributed by atoms with Gasteiger partial charge in [0.1, 0.15) is 0 Å². The summed E-state index contributed by atoms with van der Waals surface area (Å²) in [6.45, 7) is 2.60. The number of sulfonamides is 1. The van der Waals surface area contributed by atoms with Gasteiger partial charge in [0.05, 0.1) is 12.9 Å². The second-order valence-corrected chi connectivity index (χ2v) is 8.77. The van der Waals surface area contributed by atoms with Gasteiger partial charge < -0.3 is 9.64 Å². The number of pyridine rings is 1. The van der Waals surface area contributed by atoms with Gasteiger partial charge in [0.25, 0.3) is 5.91 Å². The Morgan fingerprint density at radius 1 is 1.38 bits per heavy atom. The zero-order valence-corrected chi connectivity index (χ0v) is 14.8. The molecule has 3 rings (SSSR count). The Bertz CT molecular complexity index is 709. The maximum Gasteiger partial charge on any atom is 0.253 e. The van der Waals surface area contributed by atoms with Gasteiger partial charge in [0, 0.05) is 56.7 Å². The molecule has 2 fully saturated rings. The number of hydrogen-bond acceptors (Lipinski definition) is 5. The van der Waals surface area contributed by atoms with Crippen LogP contribution in [-0.4, -0.2) is 74.7 Å². The van der Waals surface area contributed by atoms with Crippen molar-refractivity contribution in [1.29, 1.82) is 0 Å².